The zero-order chi connectivity index (χ0) is 11.5. The van der Waals surface area contributed by atoms with Gasteiger partial charge in [0.15, 0.2) is 0 Å². The van der Waals surface area contributed by atoms with Crippen molar-refractivity contribution in [3.8, 4) is 10.4 Å². The highest BCUT2D eigenvalue weighted by atomic mass is 32.1. The van der Waals surface area contributed by atoms with Crippen molar-refractivity contribution in [2.24, 2.45) is 0 Å². The number of hydrogen-bond donors (Lipinski definition) is 1. The van der Waals surface area contributed by atoms with E-state index in [-0.39, 0.29) is 6.61 Å². The molecule has 0 amide bonds. The van der Waals surface area contributed by atoms with Crippen LogP contribution in [-0.2, 0) is 6.61 Å². The summed E-state index contributed by atoms with van der Waals surface area (Å²) in [6.45, 7) is 4.54. The van der Waals surface area contributed by atoms with Crippen molar-refractivity contribution in [2.75, 3.05) is 0 Å². The SMILES string of the molecule is CC(C)c1ccc(-c2ccc(CO)cc2)s1. The Hall–Kier alpha value is -1.12. The zero-order valence-electron chi connectivity index (χ0n) is 9.60. The fourth-order valence-electron chi connectivity index (χ4n) is 1.59. The van der Waals surface area contributed by atoms with Crippen LogP contribution in [0.1, 0.15) is 30.2 Å². The van der Waals surface area contributed by atoms with Crippen LogP contribution in [0.25, 0.3) is 10.4 Å². The van der Waals surface area contributed by atoms with Gasteiger partial charge in [-0.25, -0.2) is 0 Å². The van der Waals surface area contributed by atoms with E-state index in [1.165, 1.54) is 15.3 Å². The number of benzene rings is 1. The molecule has 0 bridgehead atoms. The van der Waals surface area contributed by atoms with E-state index < -0.39 is 0 Å². The summed E-state index contributed by atoms with van der Waals surface area (Å²) in [4.78, 5) is 2.72. The molecule has 0 atom stereocenters. The molecule has 1 aromatic heterocycles. The molecule has 0 radical (unpaired) electrons. The molecule has 16 heavy (non-hydrogen) atoms. The Labute approximate surface area is 100 Å². The summed E-state index contributed by atoms with van der Waals surface area (Å²) in [7, 11) is 0. The summed E-state index contributed by atoms with van der Waals surface area (Å²) < 4.78 is 0. The maximum absolute atomic E-state index is 8.98. The third kappa shape index (κ3) is 2.34. The topological polar surface area (TPSA) is 20.2 Å². The van der Waals surface area contributed by atoms with Gasteiger partial charge in [0, 0.05) is 9.75 Å². The van der Waals surface area contributed by atoms with Crippen molar-refractivity contribution in [1.29, 1.82) is 0 Å². The molecular formula is C14H16OS. The zero-order valence-corrected chi connectivity index (χ0v) is 10.4. The highest BCUT2D eigenvalue weighted by molar-refractivity contribution is 7.15. The Kier molecular flexibility index (Phi) is 3.42. The molecule has 0 fully saturated rings. The fraction of sp³-hybridized carbons (Fsp3) is 0.286. The van der Waals surface area contributed by atoms with Gasteiger partial charge in [-0.05, 0) is 29.2 Å². The number of hydrogen-bond acceptors (Lipinski definition) is 2. The standard InChI is InChI=1S/C14H16OS/c1-10(2)13-7-8-14(16-13)12-5-3-11(9-15)4-6-12/h3-8,10,15H,9H2,1-2H3. The van der Waals surface area contributed by atoms with Gasteiger partial charge in [0.2, 0.25) is 0 Å². The monoisotopic (exact) mass is 232 g/mol. The van der Waals surface area contributed by atoms with Crippen LogP contribution >= 0.6 is 11.3 Å². The van der Waals surface area contributed by atoms with Crippen molar-refractivity contribution in [2.45, 2.75) is 26.4 Å². The van der Waals surface area contributed by atoms with E-state index in [4.69, 9.17) is 5.11 Å². The first-order valence-electron chi connectivity index (χ1n) is 5.50. The van der Waals surface area contributed by atoms with Gasteiger partial charge >= 0.3 is 0 Å². The van der Waals surface area contributed by atoms with Crippen LogP contribution in [0.5, 0.6) is 0 Å². The lowest BCUT2D eigenvalue weighted by atomic mass is 10.1. The first-order valence-corrected chi connectivity index (χ1v) is 6.32. The molecule has 2 aromatic rings. The van der Waals surface area contributed by atoms with Gasteiger partial charge in [0.1, 0.15) is 0 Å². The van der Waals surface area contributed by atoms with Crippen molar-refractivity contribution >= 4 is 11.3 Å². The molecular weight excluding hydrogens is 216 g/mol. The first kappa shape index (κ1) is 11.4. The molecule has 0 spiro atoms. The smallest absolute Gasteiger partial charge is 0.0681 e. The summed E-state index contributed by atoms with van der Waals surface area (Å²) in [5, 5.41) is 8.98. The first-order chi connectivity index (χ1) is 7.70. The van der Waals surface area contributed by atoms with Crippen LogP contribution in [0.4, 0.5) is 0 Å². The Morgan fingerprint density at radius 1 is 1.06 bits per heavy atom. The van der Waals surface area contributed by atoms with Gasteiger partial charge in [-0.15, -0.1) is 11.3 Å². The van der Waals surface area contributed by atoms with Gasteiger partial charge in [-0.1, -0.05) is 38.1 Å². The summed E-state index contributed by atoms with van der Waals surface area (Å²) in [6.07, 6.45) is 0. The Bertz CT molecular complexity index is 454. The molecule has 1 heterocycles. The van der Waals surface area contributed by atoms with Crippen LogP contribution < -0.4 is 0 Å². The molecule has 1 N–H and O–H groups in total. The lowest BCUT2D eigenvalue weighted by molar-refractivity contribution is 0.282. The normalized spacial score (nSPS) is 11.0. The van der Waals surface area contributed by atoms with Crippen LogP contribution in [0.3, 0.4) is 0 Å². The largest absolute Gasteiger partial charge is 0.392 e. The van der Waals surface area contributed by atoms with Crippen molar-refractivity contribution in [3.05, 3.63) is 46.8 Å². The lowest BCUT2D eigenvalue weighted by Crippen LogP contribution is -1.81. The average molecular weight is 232 g/mol. The molecule has 2 rings (SSSR count). The van der Waals surface area contributed by atoms with E-state index in [9.17, 15) is 0 Å². The highest BCUT2D eigenvalue weighted by Gasteiger charge is 2.05. The van der Waals surface area contributed by atoms with Gasteiger partial charge in [-0.3, -0.25) is 0 Å². The van der Waals surface area contributed by atoms with E-state index in [2.05, 4.69) is 38.1 Å². The molecule has 0 aliphatic rings. The van der Waals surface area contributed by atoms with E-state index in [0.717, 1.165) is 5.56 Å². The molecule has 2 heteroatoms. The third-order valence-corrected chi connectivity index (χ3v) is 4.05. The second-order valence-electron chi connectivity index (χ2n) is 4.21. The predicted molar refractivity (Wildman–Crippen MR) is 69.8 cm³/mol. The Morgan fingerprint density at radius 3 is 2.25 bits per heavy atom. The quantitative estimate of drug-likeness (QED) is 0.847. The van der Waals surface area contributed by atoms with Crippen LogP contribution in [0, 0.1) is 0 Å². The summed E-state index contributed by atoms with van der Waals surface area (Å²) in [5.74, 6) is 0.593. The molecule has 0 unspecified atom stereocenters. The van der Waals surface area contributed by atoms with Gasteiger partial charge < -0.3 is 5.11 Å². The molecule has 0 saturated carbocycles. The van der Waals surface area contributed by atoms with Gasteiger partial charge in [0.25, 0.3) is 0 Å². The maximum Gasteiger partial charge on any atom is 0.0681 e. The average Bonchev–Trinajstić information content (AvgIpc) is 2.78. The molecule has 84 valence electrons. The van der Waals surface area contributed by atoms with E-state index in [0.29, 0.717) is 5.92 Å². The number of aliphatic hydroxyl groups excluding tert-OH is 1. The number of thiophene rings is 1. The summed E-state index contributed by atoms with van der Waals surface area (Å²) in [5.41, 5.74) is 2.19. The van der Waals surface area contributed by atoms with Crippen molar-refractivity contribution < 1.29 is 5.11 Å². The van der Waals surface area contributed by atoms with E-state index in [1.807, 2.05) is 23.5 Å². The molecule has 0 aliphatic heterocycles. The van der Waals surface area contributed by atoms with Crippen molar-refractivity contribution in [3.63, 3.8) is 0 Å². The highest BCUT2D eigenvalue weighted by Crippen LogP contribution is 2.31. The maximum atomic E-state index is 8.98. The Morgan fingerprint density at radius 2 is 1.75 bits per heavy atom. The Balaban J connectivity index is 2.28. The minimum Gasteiger partial charge on any atom is -0.392 e. The molecule has 0 aliphatic carbocycles. The van der Waals surface area contributed by atoms with E-state index in [1.54, 1.807) is 0 Å². The second kappa shape index (κ2) is 4.81. The number of aliphatic hydroxyl groups is 1. The van der Waals surface area contributed by atoms with Crippen LogP contribution in [0.2, 0.25) is 0 Å². The molecule has 1 aromatic carbocycles. The summed E-state index contributed by atoms with van der Waals surface area (Å²) in [6, 6.07) is 12.5. The predicted octanol–water partition coefficient (Wildman–Crippen LogP) is 4.03. The summed E-state index contributed by atoms with van der Waals surface area (Å²) >= 11 is 1.85. The van der Waals surface area contributed by atoms with E-state index >= 15 is 0 Å². The minimum absolute atomic E-state index is 0.113. The third-order valence-electron chi connectivity index (χ3n) is 2.62. The lowest BCUT2D eigenvalue weighted by Gasteiger charge is -2.00. The van der Waals surface area contributed by atoms with Crippen molar-refractivity contribution in [1.82, 2.24) is 0 Å². The van der Waals surface area contributed by atoms with Crippen LogP contribution in [0.15, 0.2) is 36.4 Å². The van der Waals surface area contributed by atoms with Gasteiger partial charge in [0.05, 0.1) is 6.61 Å². The minimum atomic E-state index is 0.113. The number of rotatable bonds is 3. The van der Waals surface area contributed by atoms with Crippen LogP contribution in [-0.4, -0.2) is 5.11 Å². The fourth-order valence-corrected chi connectivity index (χ4v) is 2.61. The molecule has 0 saturated heterocycles. The molecule has 1 nitrogen and oxygen atoms in total. The van der Waals surface area contributed by atoms with Gasteiger partial charge in [-0.2, -0.15) is 0 Å². The second-order valence-corrected chi connectivity index (χ2v) is 5.33.